The molecule has 0 saturated heterocycles. The van der Waals surface area contributed by atoms with Crippen molar-refractivity contribution in [2.24, 2.45) is 0 Å². The lowest BCUT2D eigenvalue weighted by Crippen LogP contribution is -2.20. The van der Waals surface area contributed by atoms with Crippen molar-refractivity contribution in [2.75, 3.05) is 25.5 Å². The van der Waals surface area contributed by atoms with Crippen molar-refractivity contribution in [1.29, 1.82) is 0 Å². The molecule has 0 radical (unpaired) electrons. The molecule has 5 heteroatoms. The SMILES string of the molecule is CCCCN(C)c1ccc(CNC)c(C(F)(F)F)c1. The molecule has 0 unspecified atom stereocenters. The molecule has 1 aromatic carbocycles. The molecule has 1 rings (SSSR count). The first kappa shape index (κ1) is 15.8. The maximum absolute atomic E-state index is 13.0. The lowest BCUT2D eigenvalue weighted by molar-refractivity contribution is -0.138. The van der Waals surface area contributed by atoms with E-state index in [-0.39, 0.29) is 12.1 Å². The third-order valence-electron chi connectivity index (χ3n) is 3.05. The zero-order chi connectivity index (χ0) is 14.5. The van der Waals surface area contributed by atoms with Crippen LogP contribution in [0.3, 0.4) is 0 Å². The first-order valence-electron chi connectivity index (χ1n) is 6.46. The lowest BCUT2D eigenvalue weighted by Gasteiger charge is -2.22. The second kappa shape index (κ2) is 6.80. The summed E-state index contributed by atoms with van der Waals surface area (Å²) in [5, 5.41) is 2.77. The molecule has 0 atom stereocenters. The first-order chi connectivity index (χ1) is 8.90. The van der Waals surface area contributed by atoms with Crippen LogP contribution in [0.5, 0.6) is 0 Å². The van der Waals surface area contributed by atoms with Gasteiger partial charge in [-0.25, -0.2) is 0 Å². The molecule has 0 saturated carbocycles. The Morgan fingerprint density at radius 2 is 1.95 bits per heavy atom. The van der Waals surface area contributed by atoms with Gasteiger partial charge in [-0.05, 0) is 31.2 Å². The molecule has 0 aliphatic heterocycles. The van der Waals surface area contributed by atoms with E-state index in [2.05, 4.69) is 12.2 Å². The minimum absolute atomic E-state index is 0.216. The highest BCUT2D eigenvalue weighted by molar-refractivity contribution is 5.51. The number of halogens is 3. The molecule has 108 valence electrons. The van der Waals surface area contributed by atoms with Crippen LogP contribution in [-0.2, 0) is 12.7 Å². The van der Waals surface area contributed by atoms with Gasteiger partial charge in [-0.2, -0.15) is 13.2 Å². The molecular weight excluding hydrogens is 253 g/mol. The summed E-state index contributed by atoms with van der Waals surface area (Å²) >= 11 is 0. The average Bonchev–Trinajstić information content (AvgIpc) is 2.35. The normalized spacial score (nSPS) is 11.7. The summed E-state index contributed by atoms with van der Waals surface area (Å²) in [4.78, 5) is 1.86. The van der Waals surface area contributed by atoms with E-state index in [9.17, 15) is 13.2 Å². The van der Waals surface area contributed by atoms with Gasteiger partial charge in [0, 0.05) is 25.8 Å². The van der Waals surface area contributed by atoms with Gasteiger partial charge in [0.1, 0.15) is 0 Å². The molecule has 0 bridgehead atoms. The van der Waals surface area contributed by atoms with Crippen LogP contribution in [0.25, 0.3) is 0 Å². The van der Waals surface area contributed by atoms with Crippen LogP contribution in [0.4, 0.5) is 18.9 Å². The Morgan fingerprint density at radius 3 is 2.47 bits per heavy atom. The highest BCUT2D eigenvalue weighted by atomic mass is 19.4. The topological polar surface area (TPSA) is 15.3 Å². The van der Waals surface area contributed by atoms with Gasteiger partial charge in [0.05, 0.1) is 5.56 Å². The van der Waals surface area contributed by atoms with E-state index in [4.69, 9.17) is 0 Å². The molecule has 0 aliphatic carbocycles. The van der Waals surface area contributed by atoms with Crippen LogP contribution >= 0.6 is 0 Å². The van der Waals surface area contributed by atoms with E-state index in [1.54, 1.807) is 19.2 Å². The van der Waals surface area contributed by atoms with Crippen LogP contribution in [0.15, 0.2) is 18.2 Å². The van der Waals surface area contributed by atoms with Crippen molar-refractivity contribution in [3.8, 4) is 0 Å². The molecule has 0 aromatic heterocycles. The van der Waals surface area contributed by atoms with Gasteiger partial charge in [0.25, 0.3) is 0 Å². The second-order valence-corrected chi connectivity index (χ2v) is 4.64. The Kier molecular flexibility index (Phi) is 5.66. The second-order valence-electron chi connectivity index (χ2n) is 4.64. The van der Waals surface area contributed by atoms with Gasteiger partial charge in [-0.15, -0.1) is 0 Å². The number of nitrogens with one attached hydrogen (secondary N) is 1. The number of nitrogens with zero attached hydrogens (tertiary/aromatic N) is 1. The Bertz CT molecular complexity index is 402. The predicted molar refractivity (Wildman–Crippen MR) is 72.4 cm³/mol. The molecule has 0 fully saturated rings. The third-order valence-corrected chi connectivity index (χ3v) is 3.05. The number of benzene rings is 1. The minimum Gasteiger partial charge on any atom is -0.375 e. The van der Waals surface area contributed by atoms with Gasteiger partial charge in [-0.3, -0.25) is 0 Å². The summed E-state index contributed by atoms with van der Waals surface area (Å²) in [6.07, 6.45) is -2.32. The van der Waals surface area contributed by atoms with E-state index in [0.29, 0.717) is 5.69 Å². The monoisotopic (exact) mass is 274 g/mol. The third kappa shape index (κ3) is 4.42. The molecule has 0 amide bonds. The van der Waals surface area contributed by atoms with Crippen LogP contribution in [0.2, 0.25) is 0 Å². The zero-order valence-corrected chi connectivity index (χ0v) is 11.6. The van der Waals surface area contributed by atoms with Crippen molar-refractivity contribution >= 4 is 5.69 Å². The summed E-state index contributed by atoms with van der Waals surface area (Å²) in [5.74, 6) is 0. The number of anilines is 1. The van der Waals surface area contributed by atoms with Gasteiger partial charge in [0.2, 0.25) is 0 Å². The Hall–Kier alpha value is -1.23. The molecule has 2 nitrogen and oxygen atoms in total. The van der Waals surface area contributed by atoms with E-state index < -0.39 is 11.7 Å². The van der Waals surface area contributed by atoms with E-state index in [1.807, 2.05) is 11.9 Å². The molecule has 1 aromatic rings. The van der Waals surface area contributed by atoms with Crippen LogP contribution in [0, 0.1) is 0 Å². The van der Waals surface area contributed by atoms with Crippen LogP contribution < -0.4 is 10.2 Å². The fourth-order valence-electron chi connectivity index (χ4n) is 1.93. The van der Waals surface area contributed by atoms with Crippen LogP contribution in [-0.4, -0.2) is 20.6 Å². The quantitative estimate of drug-likeness (QED) is 0.851. The van der Waals surface area contributed by atoms with Gasteiger partial charge >= 0.3 is 6.18 Å². The van der Waals surface area contributed by atoms with Crippen molar-refractivity contribution in [2.45, 2.75) is 32.5 Å². The number of rotatable bonds is 6. The summed E-state index contributed by atoms with van der Waals surface area (Å²) in [7, 11) is 3.46. The van der Waals surface area contributed by atoms with E-state index in [0.717, 1.165) is 19.4 Å². The van der Waals surface area contributed by atoms with Crippen molar-refractivity contribution < 1.29 is 13.2 Å². The smallest absolute Gasteiger partial charge is 0.375 e. The lowest BCUT2D eigenvalue weighted by atomic mass is 10.1. The van der Waals surface area contributed by atoms with E-state index >= 15 is 0 Å². The Labute approximate surface area is 112 Å². The number of alkyl halides is 3. The standard InChI is InChI=1S/C14H21F3N2/c1-4-5-8-19(3)12-7-6-11(10-18-2)13(9-12)14(15,16)17/h6-7,9,18H,4-5,8,10H2,1-3H3. The summed E-state index contributed by atoms with van der Waals surface area (Å²) in [5.41, 5.74) is 0.339. The minimum atomic E-state index is -4.31. The molecule has 0 aliphatic rings. The molecule has 1 N–H and O–H groups in total. The first-order valence-corrected chi connectivity index (χ1v) is 6.46. The highest BCUT2D eigenvalue weighted by Crippen LogP contribution is 2.34. The number of hydrogen-bond donors (Lipinski definition) is 1. The van der Waals surface area contributed by atoms with Crippen LogP contribution in [0.1, 0.15) is 30.9 Å². The predicted octanol–water partition coefficient (Wildman–Crippen LogP) is 3.66. The Morgan fingerprint density at radius 1 is 1.26 bits per heavy atom. The molecule has 0 heterocycles. The van der Waals surface area contributed by atoms with Crippen molar-refractivity contribution in [3.05, 3.63) is 29.3 Å². The van der Waals surface area contributed by atoms with Crippen molar-refractivity contribution in [1.82, 2.24) is 5.32 Å². The summed E-state index contributed by atoms with van der Waals surface area (Å²) in [6, 6.07) is 4.54. The fourth-order valence-corrected chi connectivity index (χ4v) is 1.93. The average molecular weight is 274 g/mol. The summed E-state index contributed by atoms with van der Waals surface area (Å²) in [6.45, 7) is 3.04. The van der Waals surface area contributed by atoms with E-state index in [1.165, 1.54) is 6.07 Å². The number of hydrogen-bond acceptors (Lipinski definition) is 2. The maximum Gasteiger partial charge on any atom is 0.416 e. The molecule has 0 spiro atoms. The largest absolute Gasteiger partial charge is 0.416 e. The number of unbranched alkanes of at least 4 members (excludes halogenated alkanes) is 1. The molecular formula is C14H21F3N2. The van der Waals surface area contributed by atoms with Crippen molar-refractivity contribution in [3.63, 3.8) is 0 Å². The highest BCUT2D eigenvalue weighted by Gasteiger charge is 2.33. The van der Waals surface area contributed by atoms with Gasteiger partial charge in [0.15, 0.2) is 0 Å². The van der Waals surface area contributed by atoms with Gasteiger partial charge in [-0.1, -0.05) is 19.4 Å². The molecule has 19 heavy (non-hydrogen) atoms. The summed E-state index contributed by atoms with van der Waals surface area (Å²) < 4.78 is 39.1. The Balaban J connectivity index is 3.04. The fraction of sp³-hybridized carbons (Fsp3) is 0.571. The zero-order valence-electron chi connectivity index (χ0n) is 11.6. The maximum atomic E-state index is 13.0. The van der Waals surface area contributed by atoms with Gasteiger partial charge < -0.3 is 10.2 Å².